The van der Waals surface area contributed by atoms with Gasteiger partial charge in [0, 0.05) is 37.1 Å². The summed E-state index contributed by atoms with van der Waals surface area (Å²) in [5, 5.41) is 3.01. The SMILES string of the molecule is Cc1nc2ccc(C(=O)N3CCCC(NC(=O)c4cnccn4)CC3)cc2[nH]1. The number of amides is 2. The molecular weight excluding hydrogens is 356 g/mol. The lowest BCUT2D eigenvalue weighted by Gasteiger charge is -2.21. The zero-order valence-corrected chi connectivity index (χ0v) is 15.7. The quantitative estimate of drug-likeness (QED) is 0.726. The predicted molar refractivity (Wildman–Crippen MR) is 104 cm³/mol. The molecule has 0 bridgehead atoms. The van der Waals surface area contributed by atoms with Crippen LogP contribution in [0.5, 0.6) is 0 Å². The molecular formula is C20H22N6O2. The van der Waals surface area contributed by atoms with Crippen molar-refractivity contribution in [3.8, 4) is 0 Å². The van der Waals surface area contributed by atoms with E-state index in [4.69, 9.17) is 0 Å². The van der Waals surface area contributed by atoms with Crippen molar-refractivity contribution in [2.24, 2.45) is 0 Å². The molecule has 144 valence electrons. The van der Waals surface area contributed by atoms with Gasteiger partial charge in [-0.2, -0.15) is 0 Å². The molecule has 0 aliphatic carbocycles. The standard InChI is InChI=1S/C20H22N6O2/c1-13-23-16-5-4-14(11-17(16)24-13)20(28)26-9-2-3-15(6-10-26)25-19(27)18-12-21-7-8-22-18/h4-5,7-8,11-12,15H,2-3,6,9-10H2,1H3,(H,23,24)(H,25,27). The fraction of sp³-hybridized carbons (Fsp3) is 0.350. The van der Waals surface area contributed by atoms with Gasteiger partial charge < -0.3 is 15.2 Å². The van der Waals surface area contributed by atoms with Crippen LogP contribution in [0.15, 0.2) is 36.8 Å². The lowest BCUT2D eigenvalue weighted by atomic mass is 10.1. The minimum absolute atomic E-state index is 0.00931. The maximum absolute atomic E-state index is 12.9. The predicted octanol–water partition coefficient (Wildman–Crippen LogP) is 2.09. The summed E-state index contributed by atoms with van der Waals surface area (Å²) < 4.78 is 0. The van der Waals surface area contributed by atoms with Crippen LogP contribution in [0.3, 0.4) is 0 Å². The monoisotopic (exact) mass is 378 g/mol. The molecule has 1 aliphatic heterocycles. The average molecular weight is 378 g/mol. The molecule has 2 N–H and O–H groups in total. The molecule has 4 rings (SSSR count). The number of aromatic nitrogens is 4. The van der Waals surface area contributed by atoms with E-state index in [2.05, 4.69) is 25.3 Å². The van der Waals surface area contributed by atoms with E-state index in [9.17, 15) is 9.59 Å². The van der Waals surface area contributed by atoms with Crippen LogP contribution in [-0.4, -0.2) is 55.8 Å². The number of likely N-dealkylation sites (tertiary alicyclic amines) is 1. The Morgan fingerprint density at radius 1 is 1.21 bits per heavy atom. The first kappa shape index (κ1) is 18.1. The topological polar surface area (TPSA) is 104 Å². The Morgan fingerprint density at radius 2 is 2.11 bits per heavy atom. The van der Waals surface area contributed by atoms with Crippen molar-refractivity contribution in [3.63, 3.8) is 0 Å². The van der Waals surface area contributed by atoms with E-state index >= 15 is 0 Å². The van der Waals surface area contributed by atoms with E-state index in [1.54, 1.807) is 0 Å². The van der Waals surface area contributed by atoms with Crippen LogP contribution in [0.1, 0.15) is 45.9 Å². The fourth-order valence-corrected chi connectivity index (χ4v) is 3.57. The minimum Gasteiger partial charge on any atom is -0.348 e. The van der Waals surface area contributed by atoms with Crippen LogP contribution in [0.25, 0.3) is 11.0 Å². The first-order valence-corrected chi connectivity index (χ1v) is 9.42. The highest BCUT2D eigenvalue weighted by Gasteiger charge is 2.23. The van der Waals surface area contributed by atoms with E-state index in [0.29, 0.717) is 30.8 Å². The first-order valence-electron chi connectivity index (χ1n) is 9.42. The number of benzene rings is 1. The molecule has 1 saturated heterocycles. The number of hydrogen-bond acceptors (Lipinski definition) is 5. The third kappa shape index (κ3) is 3.85. The Bertz CT molecular complexity index is 1000. The summed E-state index contributed by atoms with van der Waals surface area (Å²) in [6.45, 7) is 3.17. The maximum atomic E-state index is 12.9. The third-order valence-electron chi connectivity index (χ3n) is 4.99. The second-order valence-corrected chi connectivity index (χ2v) is 7.04. The second kappa shape index (κ2) is 7.75. The highest BCUT2D eigenvalue weighted by Crippen LogP contribution is 2.18. The molecule has 1 unspecified atom stereocenters. The minimum atomic E-state index is -0.224. The average Bonchev–Trinajstić information content (AvgIpc) is 2.93. The number of imidazole rings is 1. The number of fused-ring (bicyclic) bond motifs is 1. The third-order valence-corrected chi connectivity index (χ3v) is 4.99. The molecule has 1 fully saturated rings. The summed E-state index contributed by atoms with van der Waals surface area (Å²) in [5.74, 6) is 0.615. The van der Waals surface area contributed by atoms with Gasteiger partial charge >= 0.3 is 0 Å². The van der Waals surface area contributed by atoms with Crippen LogP contribution in [0.2, 0.25) is 0 Å². The number of carbonyl (C=O) groups is 2. The zero-order chi connectivity index (χ0) is 19.5. The van der Waals surface area contributed by atoms with Crippen molar-refractivity contribution in [2.75, 3.05) is 13.1 Å². The van der Waals surface area contributed by atoms with Gasteiger partial charge in [0.1, 0.15) is 11.5 Å². The highest BCUT2D eigenvalue weighted by atomic mass is 16.2. The molecule has 1 aromatic carbocycles. The van der Waals surface area contributed by atoms with Gasteiger partial charge in [-0.25, -0.2) is 9.97 Å². The fourth-order valence-electron chi connectivity index (χ4n) is 3.57. The normalized spacial score (nSPS) is 17.3. The van der Waals surface area contributed by atoms with Gasteiger partial charge in [-0.3, -0.25) is 14.6 Å². The molecule has 3 aromatic rings. The molecule has 0 radical (unpaired) electrons. The molecule has 2 amide bonds. The van der Waals surface area contributed by atoms with Crippen molar-refractivity contribution in [3.05, 3.63) is 53.9 Å². The lowest BCUT2D eigenvalue weighted by Crippen LogP contribution is -2.37. The van der Waals surface area contributed by atoms with Crippen LogP contribution in [0, 0.1) is 6.92 Å². The Balaban J connectivity index is 1.40. The number of rotatable bonds is 3. The van der Waals surface area contributed by atoms with Crippen LogP contribution in [0.4, 0.5) is 0 Å². The molecule has 1 aliphatic rings. The largest absolute Gasteiger partial charge is 0.348 e. The summed E-state index contributed by atoms with van der Waals surface area (Å²) in [6, 6.07) is 5.57. The Morgan fingerprint density at radius 3 is 2.93 bits per heavy atom. The molecule has 2 aromatic heterocycles. The van der Waals surface area contributed by atoms with Gasteiger partial charge in [0.15, 0.2) is 0 Å². The van der Waals surface area contributed by atoms with Crippen molar-refractivity contribution in [2.45, 2.75) is 32.2 Å². The molecule has 1 atom stereocenters. The molecule has 8 nitrogen and oxygen atoms in total. The van der Waals surface area contributed by atoms with Crippen molar-refractivity contribution in [1.82, 2.24) is 30.2 Å². The highest BCUT2D eigenvalue weighted by molar-refractivity contribution is 5.97. The smallest absolute Gasteiger partial charge is 0.271 e. The van der Waals surface area contributed by atoms with Crippen molar-refractivity contribution >= 4 is 22.8 Å². The Labute approximate surface area is 162 Å². The molecule has 28 heavy (non-hydrogen) atoms. The van der Waals surface area contributed by atoms with E-state index in [-0.39, 0.29) is 17.9 Å². The lowest BCUT2D eigenvalue weighted by molar-refractivity contribution is 0.0761. The summed E-state index contributed by atoms with van der Waals surface area (Å²) in [5.41, 5.74) is 2.69. The second-order valence-electron chi connectivity index (χ2n) is 7.04. The van der Waals surface area contributed by atoms with Crippen LogP contribution < -0.4 is 5.32 Å². The van der Waals surface area contributed by atoms with Gasteiger partial charge in [-0.1, -0.05) is 0 Å². The summed E-state index contributed by atoms with van der Waals surface area (Å²) in [7, 11) is 0. The molecule has 3 heterocycles. The van der Waals surface area contributed by atoms with E-state index < -0.39 is 0 Å². The summed E-state index contributed by atoms with van der Waals surface area (Å²) in [6.07, 6.45) is 6.86. The summed E-state index contributed by atoms with van der Waals surface area (Å²) >= 11 is 0. The number of hydrogen-bond donors (Lipinski definition) is 2. The van der Waals surface area contributed by atoms with Gasteiger partial charge in [0.25, 0.3) is 11.8 Å². The van der Waals surface area contributed by atoms with E-state index in [0.717, 1.165) is 29.7 Å². The number of nitrogens with one attached hydrogen (secondary N) is 2. The number of nitrogens with zero attached hydrogens (tertiary/aromatic N) is 4. The Hall–Kier alpha value is -3.29. The van der Waals surface area contributed by atoms with E-state index in [1.807, 2.05) is 30.0 Å². The van der Waals surface area contributed by atoms with Gasteiger partial charge in [-0.15, -0.1) is 0 Å². The number of carbonyl (C=O) groups excluding carboxylic acids is 2. The van der Waals surface area contributed by atoms with Crippen LogP contribution >= 0.6 is 0 Å². The van der Waals surface area contributed by atoms with Gasteiger partial charge in [-0.05, 0) is 44.4 Å². The van der Waals surface area contributed by atoms with Crippen molar-refractivity contribution in [1.29, 1.82) is 0 Å². The molecule has 0 spiro atoms. The van der Waals surface area contributed by atoms with Crippen molar-refractivity contribution < 1.29 is 9.59 Å². The maximum Gasteiger partial charge on any atom is 0.271 e. The molecule has 8 heteroatoms. The zero-order valence-electron chi connectivity index (χ0n) is 15.7. The number of H-pyrrole nitrogens is 1. The first-order chi connectivity index (χ1) is 13.6. The number of aromatic amines is 1. The Kier molecular flexibility index (Phi) is 5.01. The number of aryl methyl sites for hydroxylation is 1. The van der Waals surface area contributed by atoms with Gasteiger partial charge in [0.05, 0.1) is 17.2 Å². The summed E-state index contributed by atoms with van der Waals surface area (Å²) in [4.78, 5) is 42.6. The van der Waals surface area contributed by atoms with E-state index in [1.165, 1.54) is 18.6 Å². The molecule has 0 saturated carbocycles. The van der Waals surface area contributed by atoms with Gasteiger partial charge in [0.2, 0.25) is 0 Å². The van der Waals surface area contributed by atoms with Crippen LogP contribution in [-0.2, 0) is 0 Å².